The summed E-state index contributed by atoms with van der Waals surface area (Å²) >= 11 is 0. The number of halogens is 3. The molecule has 0 aliphatic heterocycles. The molecular formula is C16H15F3N4O2. The first kappa shape index (κ1) is 17.1. The van der Waals surface area contributed by atoms with Crippen molar-refractivity contribution in [2.75, 3.05) is 5.32 Å². The van der Waals surface area contributed by atoms with Gasteiger partial charge in [-0.05, 0) is 36.5 Å². The van der Waals surface area contributed by atoms with Crippen molar-refractivity contribution in [3.05, 3.63) is 51.2 Å². The van der Waals surface area contributed by atoms with Gasteiger partial charge in [0.2, 0.25) is 5.95 Å². The van der Waals surface area contributed by atoms with Gasteiger partial charge in [0.25, 0.3) is 11.5 Å². The van der Waals surface area contributed by atoms with Crippen LogP contribution >= 0.6 is 0 Å². The van der Waals surface area contributed by atoms with E-state index in [1.54, 1.807) is 7.05 Å². The van der Waals surface area contributed by atoms with Crippen LogP contribution in [0, 0.1) is 0 Å². The van der Waals surface area contributed by atoms with E-state index in [2.05, 4.69) is 15.3 Å². The summed E-state index contributed by atoms with van der Waals surface area (Å²) in [6.07, 6.45) is -2.12. The first-order valence-electron chi connectivity index (χ1n) is 7.63. The zero-order chi connectivity index (χ0) is 18.4. The van der Waals surface area contributed by atoms with Crippen molar-refractivity contribution >= 4 is 11.9 Å². The fourth-order valence-electron chi connectivity index (χ4n) is 2.95. The van der Waals surface area contributed by atoms with E-state index in [1.165, 1.54) is 10.6 Å². The van der Waals surface area contributed by atoms with Gasteiger partial charge in [-0.3, -0.25) is 14.9 Å². The molecule has 25 heavy (non-hydrogen) atoms. The summed E-state index contributed by atoms with van der Waals surface area (Å²) in [6.45, 7) is 1.99. The molecule has 2 heterocycles. The quantitative estimate of drug-likeness (QED) is 0.901. The van der Waals surface area contributed by atoms with Crippen LogP contribution < -0.4 is 10.9 Å². The standard InChI is InChI=1S/C16H15F3N4O2/c1-8-3-4-11-9(8)7-10(14(25)23(11)2)13(24)22-15-20-6-5-12(21-15)16(17,18)19/h5-8H,3-4H2,1-2H3,(H,20,21,22,24). The second-order valence-corrected chi connectivity index (χ2v) is 5.98. The predicted molar refractivity (Wildman–Crippen MR) is 83.4 cm³/mol. The Bertz CT molecular complexity index is 905. The number of pyridine rings is 1. The van der Waals surface area contributed by atoms with E-state index in [0.717, 1.165) is 30.3 Å². The summed E-state index contributed by atoms with van der Waals surface area (Å²) in [5.74, 6) is -1.13. The van der Waals surface area contributed by atoms with Gasteiger partial charge in [0.05, 0.1) is 0 Å². The predicted octanol–water partition coefficient (Wildman–Crippen LogP) is 2.50. The van der Waals surface area contributed by atoms with Gasteiger partial charge in [-0.25, -0.2) is 9.97 Å². The zero-order valence-electron chi connectivity index (χ0n) is 13.5. The Kier molecular flexibility index (Phi) is 4.09. The van der Waals surface area contributed by atoms with Crippen LogP contribution in [-0.2, 0) is 19.6 Å². The molecule has 1 N–H and O–H groups in total. The highest BCUT2D eigenvalue weighted by atomic mass is 19.4. The lowest BCUT2D eigenvalue weighted by Crippen LogP contribution is -2.30. The molecular weight excluding hydrogens is 337 g/mol. The zero-order valence-corrected chi connectivity index (χ0v) is 13.5. The Hall–Kier alpha value is -2.71. The van der Waals surface area contributed by atoms with E-state index < -0.39 is 29.3 Å². The van der Waals surface area contributed by atoms with Gasteiger partial charge in [0, 0.05) is 18.9 Å². The van der Waals surface area contributed by atoms with E-state index in [-0.39, 0.29) is 11.5 Å². The van der Waals surface area contributed by atoms with Crippen molar-refractivity contribution in [3.63, 3.8) is 0 Å². The number of carbonyl (C=O) groups excluding carboxylic acids is 1. The van der Waals surface area contributed by atoms with Crippen molar-refractivity contribution in [2.45, 2.75) is 31.9 Å². The molecule has 0 spiro atoms. The maximum absolute atomic E-state index is 12.7. The number of anilines is 1. The minimum absolute atomic E-state index is 0.143. The molecule has 0 bridgehead atoms. The molecule has 0 saturated carbocycles. The van der Waals surface area contributed by atoms with Gasteiger partial charge < -0.3 is 4.57 Å². The molecule has 1 aliphatic rings. The fourth-order valence-corrected chi connectivity index (χ4v) is 2.95. The van der Waals surface area contributed by atoms with Gasteiger partial charge in [0.1, 0.15) is 11.3 Å². The molecule has 1 unspecified atom stereocenters. The average molecular weight is 352 g/mol. The van der Waals surface area contributed by atoms with Crippen molar-refractivity contribution in [3.8, 4) is 0 Å². The highest BCUT2D eigenvalue weighted by Gasteiger charge is 2.33. The van der Waals surface area contributed by atoms with Gasteiger partial charge in [-0.2, -0.15) is 13.2 Å². The molecule has 0 radical (unpaired) electrons. The van der Waals surface area contributed by atoms with Crippen molar-refractivity contribution in [2.24, 2.45) is 7.05 Å². The van der Waals surface area contributed by atoms with Crippen LogP contribution in [0.15, 0.2) is 23.1 Å². The molecule has 132 valence electrons. The molecule has 1 atom stereocenters. The first-order chi connectivity index (χ1) is 11.7. The lowest BCUT2D eigenvalue weighted by atomic mass is 10.0. The number of rotatable bonds is 2. The number of aromatic nitrogens is 3. The minimum Gasteiger partial charge on any atom is -0.315 e. The van der Waals surface area contributed by atoms with Crippen molar-refractivity contribution in [1.82, 2.24) is 14.5 Å². The molecule has 1 aliphatic carbocycles. The molecule has 3 rings (SSSR count). The maximum atomic E-state index is 12.7. The Morgan fingerprint density at radius 1 is 1.40 bits per heavy atom. The lowest BCUT2D eigenvalue weighted by Gasteiger charge is -2.12. The summed E-state index contributed by atoms with van der Waals surface area (Å²) in [4.78, 5) is 31.6. The number of nitrogens with zero attached hydrogens (tertiary/aromatic N) is 3. The molecule has 9 heteroatoms. The summed E-state index contributed by atoms with van der Waals surface area (Å²) in [5.41, 5.74) is -0.0387. The van der Waals surface area contributed by atoms with Crippen LogP contribution in [0.25, 0.3) is 0 Å². The van der Waals surface area contributed by atoms with Crippen LogP contribution in [0.2, 0.25) is 0 Å². The molecule has 2 aromatic heterocycles. The maximum Gasteiger partial charge on any atom is 0.433 e. The first-order valence-corrected chi connectivity index (χ1v) is 7.63. The van der Waals surface area contributed by atoms with Crippen LogP contribution in [0.3, 0.4) is 0 Å². The van der Waals surface area contributed by atoms with Crippen LogP contribution in [-0.4, -0.2) is 20.4 Å². The van der Waals surface area contributed by atoms with E-state index in [4.69, 9.17) is 0 Å². The number of nitrogens with one attached hydrogen (secondary N) is 1. The van der Waals surface area contributed by atoms with Gasteiger partial charge in [-0.15, -0.1) is 0 Å². The van der Waals surface area contributed by atoms with Crippen LogP contribution in [0.5, 0.6) is 0 Å². The average Bonchev–Trinajstić information content (AvgIpc) is 2.91. The second-order valence-electron chi connectivity index (χ2n) is 5.98. The SMILES string of the molecule is CC1CCc2c1cc(C(=O)Nc1nccc(C(F)(F)F)n1)c(=O)n2C. The number of carbonyl (C=O) groups is 1. The monoisotopic (exact) mass is 352 g/mol. The van der Waals surface area contributed by atoms with Crippen LogP contribution in [0.1, 0.15) is 46.6 Å². The smallest absolute Gasteiger partial charge is 0.315 e. The Balaban J connectivity index is 1.94. The second kappa shape index (κ2) is 5.98. The Labute approximate surface area is 140 Å². The number of amides is 1. The summed E-state index contributed by atoms with van der Waals surface area (Å²) in [7, 11) is 1.58. The Morgan fingerprint density at radius 3 is 2.80 bits per heavy atom. The van der Waals surface area contributed by atoms with Gasteiger partial charge in [-0.1, -0.05) is 6.92 Å². The van der Waals surface area contributed by atoms with E-state index in [1.807, 2.05) is 6.92 Å². The van der Waals surface area contributed by atoms with Gasteiger partial charge >= 0.3 is 6.18 Å². The number of fused-ring (bicyclic) bond motifs is 1. The topological polar surface area (TPSA) is 76.9 Å². The third kappa shape index (κ3) is 3.13. The third-order valence-electron chi connectivity index (χ3n) is 4.33. The van der Waals surface area contributed by atoms with Crippen molar-refractivity contribution in [1.29, 1.82) is 0 Å². The van der Waals surface area contributed by atoms with Crippen LogP contribution in [0.4, 0.5) is 19.1 Å². The lowest BCUT2D eigenvalue weighted by molar-refractivity contribution is -0.141. The molecule has 2 aromatic rings. The number of hydrogen-bond acceptors (Lipinski definition) is 4. The highest BCUT2D eigenvalue weighted by molar-refractivity contribution is 6.03. The fraction of sp³-hybridized carbons (Fsp3) is 0.375. The van der Waals surface area contributed by atoms with E-state index in [9.17, 15) is 22.8 Å². The number of hydrogen-bond donors (Lipinski definition) is 1. The summed E-state index contributed by atoms with van der Waals surface area (Å²) < 4.78 is 39.5. The molecule has 0 aromatic carbocycles. The minimum atomic E-state index is -4.65. The number of alkyl halides is 3. The van der Waals surface area contributed by atoms with Crippen molar-refractivity contribution < 1.29 is 18.0 Å². The van der Waals surface area contributed by atoms with Gasteiger partial charge in [0.15, 0.2) is 0 Å². The van der Waals surface area contributed by atoms with E-state index >= 15 is 0 Å². The summed E-state index contributed by atoms with van der Waals surface area (Å²) in [5, 5.41) is 2.17. The third-order valence-corrected chi connectivity index (χ3v) is 4.33. The van der Waals surface area contributed by atoms with E-state index in [0.29, 0.717) is 6.07 Å². The molecule has 1 amide bonds. The largest absolute Gasteiger partial charge is 0.433 e. The molecule has 6 nitrogen and oxygen atoms in total. The molecule has 0 fully saturated rings. The summed E-state index contributed by atoms with van der Waals surface area (Å²) in [6, 6.07) is 2.21. The normalized spacial score (nSPS) is 16.6. The molecule has 0 saturated heterocycles. The highest BCUT2D eigenvalue weighted by Crippen LogP contribution is 2.32. The Morgan fingerprint density at radius 2 is 2.12 bits per heavy atom.